The van der Waals surface area contributed by atoms with Gasteiger partial charge in [0.1, 0.15) is 4.90 Å². The molecule has 2 heterocycles. The Kier molecular flexibility index (Phi) is 6.50. The molecule has 2 aliphatic rings. The predicted octanol–water partition coefficient (Wildman–Crippen LogP) is 4.49. The molecule has 1 aliphatic carbocycles. The summed E-state index contributed by atoms with van der Waals surface area (Å²) in [4.78, 5) is 24.8. The molecule has 1 fully saturated rings. The molecule has 1 unspecified atom stereocenters. The Hall–Kier alpha value is -3.38. The van der Waals surface area contributed by atoms with Crippen LogP contribution in [0.4, 0.5) is 13.2 Å². The molecular formula is C25H21ClF3N3O5S. The van der Waals surface area contributed by atoms with Gasteiger partial charge in [-0.1, -0.05) is 29.8 Å². The third-order valence-corrected chi connectivity index (χ3v) is 9.06. The van der Waals surface area contributed by atoms with Gasteiger partial charge in [-0.3, -0.25) is 4.79 Å². The van der Waals surface area contributed by atoms with Crippen LogP contribution in [0, 0.1) is 5.92 Å². The van der Waals surface area contributed by atoms with Gasteiger partial charge in [0.2, 0.25) is 5.91 Å². The van der Waals surface area contributed by atoms with Crippen LogP contribution in [0.1, 0.15) is 40.0 Å². The highest BCUT2D eigenvalue weighted by Crippen LogP contribution is 2.41. The Morgan fingerprint density at radius 1 is 1.08 bits per heavy atom. The number of carboxylic acids is 1. The fraction of sp³-hybridized carbons (Fsp3) is 0.320. The second-order valence-electron chi connectivity index (χ2n) is 9.24. The summed E-state index contributed by atoms with van der Waals surface area (Å²) in [7, 11) is -4.96. The van der Waals surface area contributed by atoms with Crippen LogP contribution in [-0.2, 0) is 33.8 Å². The number of likely N-dealkylation sites (tertiary alicyclic amines) is 1. The maximum atomic E-state index is 13.8. The average Bonchev–Trinajstić information content (AvgIpc) is 3.22. The number of carboxylic acid groups (broad SMARTS) is 1. The molecule has 38 heavy (non-hydrogen) atoms. The summed E-state index contributed by atoms with van der Waals surface area (Å²) in [6, 6.07) is 8.27. The normalized spacial score (nSPS) is 17.6. The zero-order chi connectivity index (χ0) is 27.4. The molecular weight excluding hydrogens is 547 g/mol. The van der Waals surface area contributed by atoms with E-state index < -0.39 is 43.6 Å². The number of carbonyl (C=O) groups excluding carboxylic acids is 1. The van der Waals surface area contributed by atoms with Crippen molar-refractivity contribution in [1.29, 1.82) is 0 Å². The number of fused-ring (bicyclic) bond motifs is 1. The zero-order valence-corrected chi connectivity index (χ0v) is 21.3. The van der Waals surface area contributed by atoms with Crippen molar-refractivity contribution in [2.75, 3.05) is 13.1 Å². The molecule has 1 N–H and O–H groups in total. The van der Waals surface area contributed by atoms with Crippen LogP contribution in [0.5, 0.6) is 0 Å². The number of carbonyl (C=O) groups is 2. The van der Waals surface area contributed by atoms with E-state index in [1.165, 1.54) is 24.3 Å². The first kappa shape index (κ1) is 26.2. The van der Waals surface area contributed by atoms with Crippen molar-refractivity contribution in [3.63, 3.8) is 0 Å². The molecule has 3 aromatic rings. The van der Waals surface area contributed by atoms with E-state index in [1.54, 1.807) is 4.90 Å². The average molecular weight is 568 g/mol. The van der Waals surface area contributed by atoms with Gasteiger partial charge < -0.3 is 10.0 Å². The number of hydrogen-bond acceptors (Lipinski definition) is 5. The summed E-state index contributed by atoms with van der Waals surface area (Å²) in [6.07, 6.45) is -3.49. The molecule has 1 aromatic heterocycles. The number of aromatic nitrogens is 2. The number of halogens is 4. The lowest BCUT2D eigenvalue weighted by Crippen LogP contribution is -2.46. The molecule has 1 atom stereocenters. The summed E-state index contributed by atoms with van der Waals surface area (Å²) in [6.45, 7) is 1.21. The minimum Gasteiger partial charge on any atom is -0.478 e. The lowest BCUT2D eigenvalue weighted by atomic mass is 9.84. The van der Waals surface area contributed by atoms with Gasteiger partial charge in [0.05, 0.1) is 27.5 Å². The number of amides is 1. The highest BCUT2D eigenvalue weighted by molar-refractivity contribution is 7.90. The monoisotopic (exact) mass is 567 g/mol. The third-order valence-electron chi connectivity index (χ3n) is 6.92. The molecule has 1 amide bonds. The molecule has 0 radical (unpaired) electrons. The quantitative estimate of drug-likeness (QED) is 0.486. The smallest absolute Gasteiger partial charge is 0.417 e. The zero-order valence-electron chi connectivity index (χ0n) is 19.7. The van der Waals surface area contributed by atoms with Crippen molar-refractivity contribution in [2.45, 2.75) is 36.8 Å². The highest BCUT2D eigenvalue weighted by atomic mass is 35.5. The molecule has 1 saturated heterocycles. The van der Waals surface area contributed by atoms with E-state index in [4.69, 9.17) is 11.6 Å². The van der Waals surface area contributed by atoms with Crippen molar-refractivity contribution in [2.24, 2.45) is 5.92 Å². The Morgan fingerprint density at radius 2 is 1.76 bits per heavy atom. The van der Waals surface area contributed by atoms with Crippen LogP contribution in [0.3, 0.4) is 0 Å². The second kappa shape index (κ2) is 9.42. The molecule has 200 valence electrons. The molecule has 5 rings (SSSR count). The Morgan fingerprint density at radius 3 is 2.34 bits per heavy atom. The molecule has 0 bridgehead atoms. The first-order valence-corrected chi connectivity index (χ1v) is 13.6. The van der Waals surface area contributed by atoms with E-state index in [-0.39, 0.29) is 35.7 Å². The molecule has 1 aliphatic heterocycles. The summed E-state index contributed by atoms with van der Waals surface area (Å²) in [5.41, 5.74) is -0.254. The van der Waals surface area contributed by atoms with Crippen LogP contribution < -0.4 is 0 Å². The van der Waals surface area contributed by atoms with Crippen LogP contribution in [0.2, 0.25) is 5.02 Å². The van der Waals surface area contributed by atoms with Crippen LogP contribution >= 0.6 is 11.6 Å². The van der Waals surface area contributed by atoms with Crippen molar-refractivity contribution in [1.82, 2.24) is 14.1 Å². The largest absolute Gasteiger partial charge is 0.478 e. The number of rotatable bonds is 5. The van der Waals surface area contributed by atoms with E-state index in [0.717, 1.165) is 18.6 Å². The van der Waals surface area contributed by atoms with Gasteiger partial charge >= 0.3 is 12.1 Å². The number of benzene rings is 2. The lowest BCUT2D eigenvalue weighted by Gasteiger charge is -2.35. The molecule has 8 nitrogen and oxygen atoms in total. The van der Waals surface area contributed by atoms with E-state index in [0.29, 0.717) is 40.8 Å². The van der Waals surface area contributed by atoms with E-state index in [9.17, 15) is 36.3 Å². The molecule has 2 aromatic carbocycles. The summed E-state index contributed by atoms with van der Waals surface area (Å²) in [5, 5.41) is 12.8. The van der Waals surface area contributed by atoms with E-state index >= 15 is 0 Å². The van der Waals surface area contributed by atoms with Gasteiger partial charge in [-0.05, 0) is 43.5 Å². The minimum atomic E-state index is -5.01. The summed E-state index contributed by atoms with van der Waals surface area (Å²) < 4.78 is 69.7. The molecule has 13 heteroatoms. The predicted molar refractivity (Wildman–Crippen MR) is 130 cm³/mol. The first-order chi connectivity index (χ1) is 17.9. The second-order valence-corrected chi connectivity index (χ2v) is 11.3. The Labute approximate surface area is 220 Å². The fourth-order valence-electron chi connectivity index (χ4n) is 4.87. The van der Waals surface area contributed by atoms with Gasteiger partial charge in [-0.2, -0.15) is 30.8 Å². The first-order valence-electron chi connectivity index (χ1n) is 11.7. The Bertz CT molecular complexity index is 1550. The van der Waals surface area contributed by atoms with E-state index in [1.807, 2.05) is 0 Å². The van der Waals surface area contributed by atoms with Crippen LogP contribution in [0.15, 0.2) is 47.4 Å². The molecule has 0 saturated carbocycles. The van der Waals surface area contributed by atoms with Crippen molar-refractivity contribution < 1.29 is 36.3 Å². The summed E-state index contributed by atoms with van der Waals surface area (Å²) in [5.74, 6) is -1.84. The van der Waals surface area contributed by atoms with Crippen molar-refractivity contribution >= 4 is 33.5 Å². The van der Waals surface area contributed by atoms with Crippen LogP contribution in [-0.4, -0.2) is 52.6 Å². The SMILES string of the molecule is O=C(O)c1ccc(-c2nn(S(=O)(=O)c3c(Cl)cccc3C(F)(F)F)c3c2CCC(C(=O)N2CCC2)C3)cc1. The minimum absolute atomic E-state index is 0.000710. The number of alkyl halides is 3. The third kappa shape index (κ3) is 4.45. The van der Waals surface area contributed by atoms with Gasteiger partial charge in [0.15, 0.2) is 0 Å². The lowest BCUT2D eigenvalue weighted by molar-refractivity contribution is -0.140. The Balaban J connectivity index is 1.68. The number of nitrogens with zero attached hydrogens (tertiary/aromatic N) is 3. The molecule has 0 spiro atoms. The maximum Gasteiger partial charge on any atom is 0.417 e. The number of aromatic carboxylic acids is 1. The van der Waals surface area contributed by atoms with Gasteiger partial charge in [0, 0.05) is 36.6 Å². The standard InChI is InChI=1S/C25H21ClF3N3O5S/c26-19-4-1-3-18(25(27,28)29)22(19)38(36,37)32-20-13-16(23(33)31-11-2-12-31)9-10-17(20)21(30-32)14-5-7-15(8-6-14)24(34)35/h1,3-8,16H,2,9-13H2,(H,34,35). The van der Waals surface area contributed by atoms with Crippen molar-refractivity contribution in [3.05, 3.63) is 69.9 Å². The topological polar surface area (TPSA) is 110 Å². The van der Waals surface area contributed by atoms with Gasteiger partial charge in [-0.25, -0.2) is 4.79 Å². The van der Waals surface area contributed by atoms with E-state index in [2.05, 4.69) is 5.10 Å². The van der Waals surface area contributed by atoms with Crippen molar-refractivity contribution in [3.8, 4) is 11.3 Å². The van der Waals surface area contributed by atoms with Gasteiger partial charge in [0.25, 0.3) is 10.0 Å². The van der Waals surface area contributed by atoms with Gasteiger partial charge in [-0.15, -0.1) is 0 Å². The maximum absolute atomic E-state index is 13.8. The van der Waals surface area contributed by atoms with Crippen LogP contribution in [0.25, 0.3) is 11.3 Å². The highest BCUT2D eigenvalue weighted by Gasteiger charge is 2.42. The fourth-order valence-corrected chi connectivity index (χ4v) is 6.95. The summed E-state index contributed by atoms with van der Waals surface area (Å²) >= 11 is 6.03. The number of hydrogen-bond donors (Lipinski definition) is 1.